The molecule has 0 aliphatic rings. The van der Waals surface area contributed by atoms with Crippen LogP contribution in [0.2, 0.25) is 0 Å². The number of aryl methyl sites for hydroxylation is 2. The first-order valence-corrected chi connectivity index (χ1v) is 6.88. The van der Waals surface area contributed by atoms with Gasteiger partial charge in [-0.2, -0.15) is 0 Å². The van der Waals surface area contributed by atoms with E-state index in [1.807, 2.05) is 0 Å². The first-order chi connectivity index (χ1) is 10.4. The number of aromatic nitrogens is 3. The lowest BCUT2D eigenvalue weighted by Gasteiger charge is -2.11. The van der Waals surface area contributed by atoms with Gasteiger partial charge in [-0.3, -0.25) is 18.7 Å². The predicted octanol–water partition coefficient (Wildman–Crippen LogP) is -1.11. The highest BCUT2D eigenvalue weighted by Gasteiger charge is 2.16. The summed E-state index contributed by atoms with van der Waals surface area (Å²) < 4.78 is 2.30. The average Bonchev–Trinajstić information content (AvgIpc) is 2.50. The standard InChI is InChI=1S/C14H19N5O3/c1-8-7-9(12(20)16-6-5-15-2)17-11-10(8)13(21)19(4)14(22)18(11)3/h7,15H,5-6H2,1-4H3,(H,16,20). The maximum atomic E-state index is 12.2. The summed E-state index contributed by atoms with van der Waals surface area (Å²) in [5.41, 5.74) is 0.124. The molecule has 0 bridgehead atoms. The third kappa shape index (κ3) is 2.64. The molecule has 2 aromatic rings. The zero-order valence-corrected chi connectivity index (χ0v) is 13.1. The lowest BCUT2D eigenvalue weighted by molar-refractivity contribution is 0.0949. The van der Waals surface area contributed by atoms with E-state index in [2.05, 4.69) is 15.6 Å². The van der Waals surface area contributed by atoms with Gasteiger partial charge in [-0.25, -0.2) is 9.78 Å². The Bertz CT molecular complexity index is 850. The number of fused-ring (bicyclic) bond motifs is 1. The summed E-state index contributed by atoms with van der Waals surface area (Å²) in [6, 6.07) is 1.56. The number of nitrogens with zero attached hydrogens (tertiary/aromatic N) is 3. The number of carbonyl (C=O) groups excluding carboxylic acids is 1. The summed E-state index contributed by atoms with van der Waals surface area (Å²) in [5.74, 6) is -0.339. The lowest BCUT2D eigenvalue weighted by atomic mass is 10.1. The van der Waals surface area contributed by atoms with Crippen LogP contribution in [0.1, 0.15) is 16.1 Å². The van der Waals surface area contributed by atoms with Gasteiger partial charge >= 0.3 is 5.69 Å². The number of pyridine rings is 1. The summed E-state index contributed by atoms with van der Waals surface area (Å²) in [6.07, 6.45) is 0. The van der Waals surface area contributed by atoms with Gasteiger partial charge in [0, 0.05) is 27.2 Å². The van der Waals surface area contributed by atoms with E-state index in [0.29, 0.717) is 24.0 Å². The van der Waals surface area contributed by atoms with Crippen LogP contribution in [-0.2, 0) is 14.1 Å². The molecule has 8 heteroatoms. The van der Waals surface area contributed by atoms with Gasteiger partial charge in [0.25, 0.3) is 11.5 Å². The van der Waals surface area contributed by atoms with Gasteiger partial charge in [-0.1, -0.05) is 0 Å². The van der Waals surface area contributed by atoms with Crippen LogP contribution < -0.4 is 21.9 Å². The van der Waals surface area contributed by atoms with Crippen molar-refractivity contribution in [1.29, 1.82) is 0 Å². The third-order valence-electron chi connectivity index (χ3n) is 3.50. The Hall–Kier alpha value is -2.48. The van der Waals surface area contributed by atoms with Crippen molar-refractivity contribution in [3.05, 3.63) is 38.2 Å². The molecule has 2 heterocycles. The average molecular weight is 305 g/mol. The van der Waals surface area contributed by atoms with Gasteiger partial charge in [0.05, 0.1) is 5.39 Å². The molecule has 2 N–H and O–H groups in total. The largest absolute Gasteiger partial charge is 0.349 e. The van der Waals surface area contributed by atoms with E-state index >= 15 is 0 Å². The Labute approximate surface area is 126 Å². The van der Waals surface area contributed by atoms with Crippen molar-refractivity contribution in [3.63, 3.8) is 0 Å². The van der Waals surface area contributed by atoms with E-state index in [1.165, 1.54) is 18.7 Å². The van der Waals surface area contributed by atoms with Gasteiger partial charge in [0.1, 0.15) is 11.3 Å². The maximum Gasteiger partial charge on any atom is 0.332 e. The topological polar surface area (TPSA) is 98.0 Å². The first kappa shape index (κ1) is 15.9. The molecule has 0 aliphatic carbocycles. The number of carbonyl (C=O) groups is 1. The second-order valence-electron chi connectivity index (χ2n) is 5.09. The van der Waals surface area contributed by atoms with E-state index in [0.717, 1.165) is 4.57 Å². The summed E-state index contributed by atoms with van der Waals surface area (Å²) in [6.45, 7) is 2.82. The molecule has 0 saturated heterocycles. The molecule has 0 radical (unpaired) electrons. The fourth-order valence-corrected chi connectivity index (χ4v) is 2.24. The molecule has 0 atom stereocenters. The Morgan fingerprint density at radius 3 is 2.55 bits per heavy atom. The number of hydrogen-bond acceptors (Lipinski definition) is 5. The van der Waals surface area contributed by atoms with Crippen molar-refractivity contribution < 1.29 is 4.79 Å². The molecule has 8 nitrogen and oxygen atoms in total. The van der Waals surface area contributed by atoms with E-state index < -0.39 is 11.2 Å². The molecule has 2 aromatic heterocycles. The molecule has 0 fully saturated rings. The second kappa shape index (κ2) is 6.10. The van der Waals surface area contributed by atoms with Gasteiger partial charge in [0.15, 0.2) is 0 Å². The Morgan fingerprint density at radius 2 is 1.91 bits per heavy atom. The van der Waals surface area contributed by atoms with E-state index in [9.17, 15) is 14.4 Å². The smallest absolute Gasteiger partial charge is 0.332 e. The van der Waals surface area contributed by atoms with Crippen molar-refractivity contribution >= 4 is 16.9 Å². The molecule has 22 heavy (non-hydrogen) atoms. The van der Waals surface area contributed by atoms with Gasteiger partial charge in [-0.05, 0) is 25.6 Å². The molecular formula is C14H19N5O3. The molecule has 0 spiro atoms. The van der Waals surface area contributed by atoms with Crippen molar-refractivity contribution in [2.24, 2.45) is 14.1 Å². The highest BCUT2D eigenvalue weighted by atomic mass is 16.2. The van der Waals surface area contributed by atoms with Crippen LogP contribution >= 0.6 is 0 Å². The first-order valence-electron chi connectivity index (χ1n) is 6.88. The molecule has 2 rings (SSSR count). The quantitative estimate of drug-likeness (QED) is 0.698. The Kier molecular flexibility index (Phi) is 4.41. The van der Waals surface area contributed by atoms with Crippen LogP contribution in [-0.4, -0.2) is 40.2 Å². The van der Waals surface area contributed by atoms with Crippen molar-refractivity contribution in [1.82, 2.24) is 24.8 Å². The summed E-state index contributed by atoms with van der Waals surface area (Å²) in [7, 11) is 4.73. The summed E-state index contributed by atoms with van der Waals surface area (Å²) in [5, 5.41) is 5.98. The van der Waals surface area contributed by atoms with Gasteiger partial charge in [-0.15, -0.1) is 0 Å². The number of hydrogen-bond donors (Lipinski definition) is 2. The molecule has 0 saturated carbocycles. The molecule has 118 valence electrons. The van der Waals surface area contributed by atoms with Crippen LogP contribution in [0.25, 0.3) is 11.0 Å². The van der Waals surface area contributed by atoms with E-state index in [4.69, 9.17) is 0 Å². The molecule has 0 aromatic carbocycles. The predicted molar refractivity (Wildman–Crippen MR) is 83.2 cm³/mol. The Balaban J connectivity index is 2.61. The molecule has 1 amide bonds. The maximum absolute atomic E-state index is 12.2. The van der Waals surface area contributed by atoms with Crippen molar-refractivity contribution in [2.45, 2.75) is 6.92 Å². The fraction of sp³-hybridized carbons (Fsp3) is 0.429. The van der Waals surface area contributed by atoms with E-state index in [1.54, 1.807) is 20.0 Å². The van der Waals surface area contributed by atoms with Crippen LogP contribution in [0.15, 0.2) is 15.7 Å². The van der Waals surface area contributed by atoms with Gasteiger partial charge < -0.3 is 10.6 Å². The zero-order valence-electron chi connectivity index (χ0n) is 13.1. The van der Waals surface area contributed by atoms with Gasteiger partial charge in [0.2, 0.25) is 0 Å². The number of nitrogens with one attached hydrogen (secondary N) is 2. The SMILES string of the molecule is CNCCNC(=O)c1cc(C)c2c(=O)n(C)c(=O)n(C)c2n1. The highest BCUT2D eigenvalue weighted by molar-refractivity contribution is 5.95. The number of likely N-dealkylation sites (N-methyl/N-ethyl adjacent to an activating group) is 1. The van der Waals surface area contributed by atoms with Crippen LogP contribution in [0.3, 0.4) is 0 Å². The minimum absolute atomic E-state index is 0.185. The summed E-state index contributed by atoms with van der Waals surface area (Å²) in [4.78, 5) is 40.5. The Morgan fingerprint density at radius 1 is 1.23 bits per heavy atom. The highest BCUT2D eigenvalue weighted by Crippen LogP contribution is 2.12. The fourth-order valence-electron chi connectivity index (χ4n) is 2.24. The monoisotopic (exact) mass is 305 g/mol. The van der Waals surface area contributed by atoms with E-state index in [-0.39, 0.29) is 17.2 Å². The van der Waals surface area contributed by atoms with Crippen molar-refractivity contribution in [2.75, 3.05) is 20.1 Å². The van der Waals surface area contributed by atoms with Crippen LogP contribution in [0, 0.1) is 6.92 Å². The number of rotatable bonds is 4. The molecular weight excluding hydrogens is 286 g/mol. The minimum atomic E-state index is -0.475. The zero-order chi connectivity index (χ0) is 16.4. The van der Waals surface area contributed by atoms with Crippen LogP contribution in [0.4, 0.5) is 0 Å². The minimum Gasteiger partial charge on any atom is -0.349 e. The lowest BCUT2D eigenvalue weighted by Crippen LogP contribution is -2.38. The number of amides is 1. The normalized spacial score (nSPS) is 10.9. The van der Waals surface area contributed by atoms with Crippen molar-refractivity contribution in [3.8, 4) is 0 Å². The molecule has 0 aliphatic heterocycles. The molecule has 0 unspecified atom stereocenters. The summed E-state index contributed by atoms with van der Waals surface area (Å²) >= 11 is 0. The van der Waals surface area contributed by atoms with Crippen LogP contribution in [0.5, 0.6) is 0 Å². The third-order valence-corrected chi connectivity index (χ3v) is 3.50. The second-order valence-corrected chi connectivity index (χ2v) is 5.09.